The van der Waals surface area contributed by atoms with E-state index < -0.39 is 0 Å². The zero-order chi connectivity index (χ0) is 13.8. The van der Waals surface area contributed by atoms with Crippen LogP contribution in [-0.2, 0) is 6.42 Å². The fourth-order valence-corrected chi connectivity index (χ4v) is 2.55. The average molecular weight is 275 g/mol. The summed E-state index contributed by atoms with van der Waals surface area (Å²) < 4.78 is 0. The van der Waals surface area contributed by atoms with Crippen LogP contribution in [0.2, 0.25) is 0 Å². The van der Waals surface area contributed by atoms with Crippen LogP contribution in [0.15, 0.2) is 35.0 Å². The van der Waals surface area contributed by atoms with E-state index in [-0.39, 0.29) is 17.7 Å². The molecule has 1 amide bonds. The molecule has 0 fully saturated rings. The lowest BCUT2D eigenvalue weighted by molar-refractivity contribution is 0.0939. The number of thiophene rings is 1. The van der Waals surface area contributed by atoms with E-state index in [0.717, 1.165) is 12.0 Å². The minimum absolute atomic E-state index is 0.0607. The SMILES string of the molecule is Cc1ccc(C(=O)NC(C)Cc2ccsc2)cc1O. The summed E-state index contributed by atoms with van der Waals surface area (Å²) in [6, 6.07) is 7.09. The second kappa shape index (κ2) is 5.89. The molecule has 0 aliphatic carbocycles. The molecule has 1 atom stereocenters. The van der Waals surface area contributed by atoms with E-state index in [1.54, 1.807) is 30.4 Å². The van der Waals surface area contributed by atoms with Gasteiger partial charge in [0.05, 0.1) is 0 Å². The normalized spacial score (nSPS) is 12.1. The summed E-state index contributed by atoms with van der Waals surface area (Å²) in [7, 11) is 0. The lowest BCUT2D eigenvalue weighted by Gasteiger charge is -2.13. The molecule has 1 unspecified atom stereocenters. The number of aromatic hydroxyl groups is 1. The minimum Gasteiger partial charge on any atom is -0.508 e. The number of nitrogens with one attached hydrogen (secondary N) is 1. The van der Waals surface area contributed by atoms with Crippen LogP contribution in [0.1, 0.15) is 28.4 Å². The number of carbonyl (C=O) groups is 1. The number of amides is 1. The molecule has 0 bridgehead atoms. The van der Waals surface area contributed by atoms with Gasteiger partial charge < -0.3 is 10.4 Å². The van der Waals surface area contributed by atoms with Gasteiger partial charge in [0.25, 0.3) is 5.91 Å². The molecule has 2 aromatic rings. The predicted molar refractivity (Wildman–Crippen MR) is 77.8 cm³/mol. The molecular weight excluding hydrogens is 258 g/mol. The summed E-state index contributed by atoms with van der Waals surface area (Å²) in [6.45, 7) is 3.78. The Labute approximate surface area is 116 Å². The van der Waals surface area contributed by atoms with E-state index in [0.29, 0.717) is 5.56 Å². The molecule has 0 aliphatic heterocycles. The van der Waals surface area contributed by atoms with E-state index in [2.05, 4.69) is 16.8 Å². The lowest BCUT2D eigenvalue weighted by atomic mass is 10.1. The summed E-state index contributed by atoms with van der Waals surface area (Å²) in [5.74, 6) is -0.00355. The number of hydrogen-bond donors (Lipinski definition) is 2. The van der Waals surface area contributed by atoms with Crippen molar-refractivity contribution < 1.29 is 9.90 Å². The molecule has 100 valence electrons. The van der Waals surface area contributed by atoms with Gasteiger partial charge in [-0.15, -0.1) is 0 Å². The van der Waals surface area contributed by atoms with Crippen molar-refractivity contribution in [3.8, 4) is 5.75 Å². The topological polar surface area (TPSA) is 49.3 Å². The minimum atomic E-state index is -0.155. The molecule has 2 N–H and O–H groups in total. The molecule has 3 nitrogen and oxygen atoms in total. The molecule has 1 aromatic carbocycles. The summed E-state index contributed by atoms with van der Waals surface area (Å²) in [5, 5.41) is 16.7. The third-order valence-electron chi connectivity index (χ3n) is 2.97. The van der Waals surface area contributed by atoms with Crippen LogP contribution < -0.4 is 5.32 Å². The Morgan fingerprint density at radius 2 is 2.21 bits per heavy atom. The van der Waals surface area contributed by atoms with Crippen LogP contribution in [0.4, 0.5) is 0 Å². The van der Waals surface area contributed by atoms with Gasteiger partial charge in [0.15, 0.2) is 0 Å². The van der Waals surface area contributed by atoms with Crippen LogP contribution in [0.5, 0.6) is 5.75 Å². The Hall–Kier alpha value is -1.81. The van der Waals surface area contributed by atoms with E-state index in [1.165, 1.54) is 11.6 Å². The molecule has 0 aliphatic rings. The number of rotatable bonds is 4. The van der Waals surface area contributed by atoms with Gasteiger partial charge in [0, 0.05) is 11.6 Å². The van der Waals surface area contributed by atoms with E-state index in [1.807, 2.05) is 12.3 Å². The molecular formula is C15H17NO2S. The Morgan fingerprint density at radius 3 is 2.84 bits per heavy atom. The zero-order valence-electron chi connectivity index (χ0n) is 11.0. The molecule has 4 heteroatoms. The summed E-state index contributed by atoms with van der Waals surface area (Å²) in [5.41, 5.74) is 2.48. The zero-order valence-corrected chi connectivity index (χ0v) is 11.8. The smallest absolute Gasteiger partial charge is 0.251 e. The highest BCUT2D eigenvalue weighted by molar-refractivity contribution is 7.07. The van der Waals surface area contributed by atoms with E-state index in [4.69, 9.17) is 0 Å². The summed E-state index contributed by atoms with van der Waals surface area (Å²) in [6.07, 6.45) is 0.813. The molecule has 0 radical (unpaired) electrons. The highest BCUT2D eigenvalue weighted by Crippen LogP contribution is 2.17. The Balaban J connectivity index is 1.98. The molecule has 1 aromatic heterocycles. The third-order valence-corrected chi connectivity index (χ3v) is 3.70. The standard InChI is InChI=1S/C15H17NO2S/c1-10-3-4-13(8-14(10)17)15(18)16-11(2)7-12-5-6-19-9-12/h3-6,8-9,11,17H,7H2,1-2H3,(H,16,18). The number of benzene rings is 1. The first-order valence-corrected chi connectivity index (χ1v) is 7.12. The van der Waals surface area contributed by atoms with Crippen LogP contribution >= 0.6 is 11.3 Å². The van der Waals surface area contributed by atoms with Gasteiger partial charge in [-0.25, -0.2) is 0 Å². The first-order chi connectivity index (χ1) is 9.06. The molecule has 1 heterocycles. The van der Waals surface area contributed by atoms with Crippen molar-refractivity contribution in [2.24, 2.45) is 0 Å². The Kier molecular flexibility index (Phi) is 4.22. The fourth-order valence-electron chi connectivity index (χ4n) is 1.87. The lowest BCUT2D eigenvalue weighted by Crippen LogP contribution is -2.33. The number of carbonyl (C=O) groups excluding carboxylic acids is 1. The maximum Gasteiger partial charge on any atom is 0.251 e. The number of aryl methyl sites for hydroxylation is 1. The van der Waals surface area contributed by atoms with Gasteiger partial charge in [-0.1, -0.05) is 6.07 Å². The predicted octanol–water partition coefficient (Wildman–Crippen LogP) is 3.12. The van der Waals surface area contributed by atoms with Crippen molar-refractivity contribution >= 4 is 17.2 Å². The highest BCUT2D eigenvalue weighted by atomic mass is 32.1. The van der Waals surface area contributed by atoms with E-state index >= 15 is 0 Å². The first kappa shape index (κ1) is 13.6. The summed E-state index contributed by atoms with van der Waals surface area (Å²) in [4.78, 5) is 12.0. The van der Waals surface area contributed by atoms with Crippen LogP contribution in [-0.4, -0.2) is 17.1 Å². The van der Waals surface area contributed by atoms with Crippen LogP contribution in [0, 0.1) is 6.92 Å². The van der Waals surface area contributed by atoms with Gasteiger partial charge >= 0.3 is 0 Å². The quantitative estimate of drug-likeness (QED) is 0.900. The van der Waals surface area contributed by atoms with E-state index in [9.17, 15) is 9.90 Å². The Bertz CT molecular complexity index is 564. The second-order valence-corrected chi connectivity index (χ2v) is 5.49. The average Bonchev–Trinajstić information content (AvgIpc) is 2.85. The first-order valence-electron chi connectivity index (χ1n) is 6.18. The van der Waals surface area contributed by atoms with Crippen molar-refractivity contribution in [1.29, 1.82) is 0 Å². The van der Waals surface area contributed by atoms with Crippen molar-refractivity contribution in [2.75, 3.05) is 0 Å². The maximum absolute atomic E-state index is 12.0. The van der Waals surface area contributed by atoms with Crippen molar-refractivity contribution in [3.05, 3.63) is 51.7 Å². The Morgan fingerprint density at radius 1 is 1.42 bits per heavy atom. The van der Waals surface area contributed by atoms with Gasteiger partial charge in [-0.05, 0) is 60.4 Å². The molecule has 0 saturated heterocycles. The molecule has 0 spiro atoms. The van der Waals surface area contributed by atoms with Crippen molar-refractivity contribution in [2.45, 2.75) is 26.3 Å². The van der Waals surface area contributed by atoms with Crippen LogP contribution in [0.3, 0.4) is 0 Å². The largest absolute Gasteiger partial charge is 0.508 e. The second-order valence-electron chi connectivity index (χ2n) is 4.71. The van der Waals surface area contributed by atoms with Gasteiger partial charge in [0.1, 0.15) is 5.75 Å². The summed E-state index contributed by atoms with van der Waals surface area (Å²) >= 11 is 1.65. The number of hydrogen-bond acceptors (Lipinski definition) is 3. The van der Waals surface area contributed by atoms with Crippen molar-refractivity contribution in [1.82, 2.24) is 5.32 Å². The maximum atomic E-state index is 12.0. The molecule has 2 rings (SSSR count). The number of phenols is 1. The van der Waals surface area contributed by atoms with Gasteiger partial charge in [-0.3, -0.25) is 4.79 Å². The van der Waals surface area contributed by atoms with Gasteiger partial charge in [0.2, 0.25) is 0 Å². The van der Waals surface area contributed by atoms with Crippen LogP contribution in [0.25, 0.3) is 0 Å². The van der Waals surface area contributed by atoms with Gasteiger partial charge in [-0.2, -0.15) is 11.3 Å². The number of phenolic OH excluding ortho intramolecular Hbond substituents is 1. The third kappa shape index (κ3) is 3.58. The fraction of sp³-hybridized carbons (Fsp3) is 0.267. The molecule has 19 heavy (non-hydrogen) atoms. The highest BCUT2D eigenvalue weighted by Gasteiger charge is 2.11. The molecule has 0 saturated carbocycles. The monoisotopic (exact) mass is 275 g/mol. The van der Waals surface area contributed by atoms with Crippen molar-refractivity contribution in [3.63, 3.8) is 0 Å².